The van der Waals surface area contributed by atoms with Crippen molar-refractivity contribution < 1.29 is 4.84 Å². The molecule has 0 bridgehead atoms. The molecule has 11 heavy (non-hydrogen) atoms. The molecule has 0 aromatic rings. The SMILES string of the molecule is CCCCN(OC)C(C)(C)C. The van der Waals surface area contributed by atoms with Gasteiger partial charge in [0.2, 0.25) is 0 Å². The summed E-state index contributed by atoms with van der Waals surface area (Å²) in [5, 5.41) is 2.02. The van der Waals surface area contributed by atoms with Crippen molar-refractivity contribution in [2.75, 3.05) is 13.7 Å². The van der Waals surface area contributed by atoms with Crippen molar-refractivity contribution in [1.82, 2.24) is 5.06 Å². The largest absolute Gasteiger partial charge is 0.302 e. The van der Waals surface area contributed by atoms with Crippen molar-refractivity contribution in [3.05, 3.63) is 0 Å². The maximum absolute atomic E-state index is 5.25. The minimum Gasteiger partial charge on any atom is -0.302 e. The first-order chi connectivity index (χ1) is 5.02. The fourth-order valence-corrected chi connectivity index (χ4v) is 1.00. The van der Waals surface area contributed by atoms with E-state index in [0.717, 1.165) is 6.54 Å². The lowest BCUT2D eigenvalue weighted by atomic mass is 10.1. The predicted molar refractivity (Wildman–Crippen MR) is 48.4 cm³/mol. The number of hydrogen-bond donors (Lipinski definition) is 0. The Balaban J connectivity index is 3.76. The fourth-order valence-electron chi connectivity index (χ4n) is 1.00. The molecule has 0 amide bonds. The minimum absolute atomic E-state index is 0.129. The van der Waals surface area contributed by atoms with Crippen molar-refractivity contribution in [3.63, 3.8) is 0 Å². The topological polar surface area (TPSA) is 12.5 Å². The van der Waals surface area contributed by atoms with Crippen molar-refractivity contribution in [2.45, 2.75) is 46.1 Å². The molecule has 0 rings (SSSR count). The van der Waals surface area contributed by atoms with Crippen molar-refractivity contribution in [3.8, 4) is 0 Å². The number of unbranched alkanes of at least 4 members (excludes halogenated alkanes) is 1. The van der Waals surface area contributed by atoms with E-state index in [9.17, 15) is 0 Å². The standard InChI is InChI=1S/C9H21NO/c1-6-7-8-10(11-5)9(2,3)4/h6-8H2,1-5H3. The van der Waals surface area contributed by atoms with Gasteiger partial charge in [0.15, 0.2) is 0 Å². The zero-order chi connectivity index (χ0) is 8.91. The molecule has 68 valence electrons. The third-order valence-electron chi connectivity index (χ3n) is 1.68. The zero-order valence-corrected chi connectivity index (χ0v) is 8.48. The highest BCUT2D eigenvalue weighted by Gasteiger charge is 2.19. The number of hydroxylamine groups is 2. The maximum atomic E-state index is 5.25. The van der Waals surface area contributed by atoms with Crippen molar-refractivity contribution in [2.24, 2.45) is 0 Å². The lowest BCUT2D eigenvalue weighted by Crippen LogP contribution is -2.40. The van der Waals surface area contributed by atoms with Crippen LogP contribution < -0.4 is 0 Å². The Morgan fingerprint density at radius 1 is 1.27 bits per heavy atom. The molecule has 0 unspecified atom stereocenters. The Labute approximate surface area is 70.5 Å². The van der Waals surface area contributed by atoms with E-state index in [1.54, 1.807) is 7.11 Å². The molecular weight excluding hydrogens is 138 g/mol. The number of nitrogens with zero attached hydrogens (tertiary/aromatic N) is 1. The second-order valence-corrected chi connectivity index (χ2v) is 3.81. The van der Waals surface area contributed by atoms with E-state index in [4.69, 9.17) is 4.84 Å². The van der Waals surface area contributed by atoms with Gasteiger partial charge in [0.05, 0.1) is 7.11 Å². The lowest BCUT2D eigenvalue weighted by Gasteiger charge is -2.32. The van der Waals surface area contributed by atoms with Crippen LogP contribution in [0.25, 0.3) is 0 Å². The molecule has 0 aliphatic rings. The van der Waals surface area contributed by atoms with Crippen LogP contribution in [0.15, 0.2) is 0 Å². The maximum Gasteiger partial charge on any atom is 0.0575 e. The molecule has 0 saturated heterocycles. The van der Waals surface area contributed by atoms with Gasteiger partial charge in [-0.05, 0) is 27.2 Å². The average molecular weight is 159 g/mol. The number of hydrogen-bond acceptors (Lipinski definition) is 2. The van der Waals surface area contributed by atoms with E-state index >= 15 is 0 Å². The van der Waals surface area contributed by atoms with Crippen LogP contribution in [0, 0.1) is 0 Å². The van der Waals surface area contributed by atoms with Crippen molar-refractivity contribution in [1.29, 1.82) is 0 Å². The molecule has 0 atom stereocenters. The smallest absolute Gasteiger partial charge is 0.0575 e. The third-order valence-corrected chi connectivity index (χ3v) is 1.68. The molecule has 0 aromatic heterocycles. The highest BCUT2D eigenvalue weighted by Crippen LogP contribution is 2.13. The quantitative estimate of drug-likeness (QED) is 0.584. The van der Waals surface area contributed by atoms with E-state index in [0.29, 0.717) is 0 Å². The first-order valence-corrected chi connectivity index (χ1v) is 4.34. The van der Waals surface area contributed by atoms with Gasteiger partial charge in [0, 0.05) is 12.1 Å². The van der Waals surface area contributed by atoms with Crippen LogP contribution in [0.2, 0.25) is 0 Å². The molecule has 0 radical (unpaired) electrons. The van der Waals surface area contributed by atoms with Gasteiger partial charge in [-0.1, -0.05) is 13.3 Å². The van der Waals surface area contributed by atoms with E-state index in [2.05, 4.69) is 27.7 Å². The highest BCUT2D eigenvalue weighted by atomic mass is 16.7. The summed E-state index contributed by atoms with van der Waals surface area (Å²) in [6, 6.07) is 0. The average Bonchev–Trinajstić information content (AvgIpc) is 1.87. The molecule has 0 fully saturated rings. The van der Waals surface area contributed by atoms with E-state index in [-0.39, 0.29) is 5.54 Å². The second-order valence-electron chi connectivity index (χ2n) is 3.81. The lowest BCUT2D eigenvalue weighted by molar-refractivity contribution is -0.187. The fraction of sp³-hybridized carbons (Fsp3) is 1.00. The van der Waals surface area contributed by atoms with Gasteiger partial charge in [-0.15, -0.1) is 0 Å². The van der Waals surface area contributed by atoms with E-state index in [1.807, 2.05) is 5.06 Å². The van der Waals surface area contributed by atoms with Gasteiger partial charge in [0.1, 0.15) is 0 Å². The molecular formula is C9H21NO. The summed E-state index contributed by atoms with van der Waals surface area (Å²) >= 11 is 0. The Kier molecular flexibility index (Phi) is 4.69. The summed E-state index contributed by atoms with van der Waals surface area (Å²) in [4.78, 5) is 5.25. The van der Waals surface area contributed by atoms with E-state index in [1.165, 1.54) is 12.8 Å². The molecule has 0 aromatic carbocycles. The summed E-state index contributed by atoms with van der Waals surface area (Å²) in [6.07, 6.45) is 2.42. The predicted octanol–water partition coefficient (Wildman–Crippen LogP) is 2.45. The van der Waals surface area contributed by atoms with Gasteiger partial charge < -0.3 is 4.84 Å². The summed E-state index contributed by atoms with van der Waals surface area (Å²) < 4.78 is 0. The van der Waals surface area contributed by atoms with Gasteiger partial charge in [0.25, 0.3) is 0 Å². The monoisotopic (exact) mass is 159 g/mol. The third kappa shape index (κ3) is 4.38. The zero-order valence-electron chi connectivity index (χ0n) is 8.48. The van der Waals surface area contributed by atoms with E-state index < -0.39 is 0 Å². The molecule has 0 aliphatic heterocycles. The summed E-state index contributed by atoms with van der Waals surface area (Å²) in [5.74, 6) is 0. The van der Waals surface area contributed by atoms with Crippen LogP contribution in [0.5, 0.6) is 0 Å². The minimum atomic E-state index is 0.129. The Morgan fingerprint density at radius 2 is 1.82 bits per heavy atom. The van der Waals surface area contributed by atoms with Crippen LogP contribution in [-0.2, 0) is 4.84 Å². The first-order valence-electron chi connectivity index (χ1n) is 4.34. The van der Waals surface area contributed by atoms with Crippen LogP contribution in [0.4, 0.5) is 0 Å². The summed E-state index contributed by atoms with van der Waals surface area (Å²) in [7, 11) is 1.74. The summed E-state index contributed by atoms with van der Waals surface area (Å²) in [6.45, 7) is 9.69. The molecule has 0 aliphatic carbocycles. The first kappa shape index (κ1) is 10.9. The van der Waals surface area contributed by atoms with Gasteiger partial charge in [-0.3, -0.25) is 0 Å². The summed E-state index contributed by atoms with van der Waals surface area (Å²) in [5.41, 5.74) is 0.129. The molecule has 0 spiro atoms. The molecule has 2 heteroatoms. The van der Waals surface area contributed by atoms with Crippen LogP contribution >= 0.6 is 0 Å². The molecule has 2 nitrogen and oxygen atoms in total. The Morgan fingerprint density at radius 3 is 2.09 bits per heavy atom. The number of rotatable bonds is 4. The normalized spacial score (nSPS) is 12.5. The highest BCUT2D eigenvalue weighted by molar-refractivity contribution is 4.69. The second kappa shape index (κ2) is 4.73. The molecule has 0 N–H and O–H groups in total. The van der Waals surface area contributed by atoms with Gasteiger partial charge in [-0.2, -0.15) is 5.06 Å². The Bertz CT molecular complexity index is 96.2. The van der Waals surface area contributed by atoms with Crippen molar-refractivity contribution >= 4 is 0 Å². The molecule has 0 saturated carbocycles. The van der Waals surface area contributed by atoms with Crippen LogP contribution in [-0.4, -0.2) is 24.3 Å². The van der Waals surface area contributed by atoms with Gasteiger partial charge in [-0.25, -0.2) is 0 Å². The van der Waals surface area contributed by atoms with Crippen LogP contribution in [0.3, 0.4) is 0 Å². The van der Waals surface area contributed by atoms with Crippen LogP contribution in [0.1, 0.15) is 40.5 Å². The van der Waals surface area contributed by atoms with Gasteiger partial charge >= 0.3 is 0 Å². The Hall–Kier alpha value is -0.0800. The molecule has 0 heterocycles.